The minimum Gasteiger partial charge on any atom is -0.443 e. The molecule has 17 heavy (non-hydrogen) atoms. The molecule has 1 aliphatic heterocycles. The van der Waals surface area contributed by atoms with Crippen LogP contribution in [0, 0.1) is 0 Å². The van der Waals surface area contributed by atoms with E-state index >= 15 is 0 Å². The minimum atomic E-state index is -0.830. The zero-order valence-electron chi connectivity index (χ0n) is 10.2. The van der Waals surface area contributed by atoms with Crippen molar-refractivity contribution in [3.63, 3.8) is 0 Å². The van der Waals surface area contributed by atoms with Crippen molar-refractivity contribution in [3.05, 3.63) is 12.7 Å². The van der Waals surface area contributed by atoms with E-state index in [1.54, 1.807) is 20.8 Å². The molecule has 0 aromatic rings. The molecule has 0 bridgehead atoms. The number of hydrogen-bond donors (Lipinski definition) is 1. The van der Waals surface area contributed by atoms with E-state index in [4.69, 9.17) is 9.47 Å². The number of hydrogen-bond acceptors (Lipinski definition) is 5. The second-order valence-corrected chi connectivity index (χ2v) is 4.68. The van der Waals surface area contributed by atoms with Crippen LogP contribution >= 0.6 is 0 Å². The van der Waals surface area contributed by atoms with Crippen LogP contribution in [0.2, 0.25) is 0 Å². The summed E-state index contributed by atoms with van der Waals surface area (Å²) in [6, 6.07) is -0.783. The number of amides is 2. The van der Waals surface area contributed by atoms with Gasteiger partial charge >= 0.3 is 12.2 Å². The number of carbonyl (C=O) groups is 2. The van der Waals surface area contributed by atoms with Crippen LogP contribution in [0.1, 0.15) is 20.8 Å². The highest BCUT2D eigenvalue weighted by Crippen LogP contribution is 2.22. The lowest BCUT2D eigenvalue weighted by Crippen LogP contribution is -2.45. The molecule has 0 aliphatic carbocycles. The molecule has 2 atom stereocenters. The molecule has 1 aliphatic rings. The molecule has 6 heteroatoms. The zero-order chi connectivity index (χ0) is 13.2. The first-order valence-electron chi connectivity index (χ1n) is 5.26. The smallest absolute Gasteiger partial charge is 0.420 e. The summed E-state index contributed by atoms with van der Waals surface area (Å²) in [6.07, 6.45) is -1.00. The maximum Gasteiger partial charge on any atom is 0.420 e. The first kappa shape index (κ1) is 13.5. The van der Waals surface area contributed by atoms with Gasteiger partial charge in [-0.15, -0.1) is 0 Å². The first-order chi connectivity index (χ1) is 7.80. The molecule has 0 unspecified atom stereocenters. The van der Waals surface area contributed by atoms with Crippen LogP contribution in [0.4, 0.5) is 9.59 Å². The largest absolute Gasteiger partial charge is 0.443 e. The molecule has 0 aromatic carbocycles. The first-order valence-corrected chi connectivity index (χ1v) is 5.26. The monoisotopic (exact) mass is 243 g/mol. The molecular formula is C11H17NO5. The topological polar surface area (TPSA) is 76.1 Å². The van der Waals surface area contributed by atoms with Crippen LogP contribution in [0.5, 0.6) is 0 Å². The number of aliphatic hydroxyl groups is 1. The van der Waals surface area contributed by atoms with Crippen LogP contribution in [-0.2, 0) is 9.47 Å². The third kappa shape index (κ3) is 2.97. The molecule has 0 aromatic heterocycles. The summed E-state index contributed by atoms with van der Waals surface area (Å²) in [5.74, 6) is 0. The van der Waals surface area contributed by atoms with E-state index in [2.05, 4.69) is 6.58 Å². The Balaban J connectivity index is 2.84. The Hall–Kier alpha value is -1.56. The Labute approximate surface area is 99.8 Å². The number of rotatable bonds is 2. The lowest BCUT2D eigenvalue weighted by Gasteiger charge is -2.25. The van der Waals surface area contributed by atoms with Crippen molar-refractivity contribution in [1.29, 1.82) is 0 Å². The lowest BCUT2D eigenvalue weighted by atomic mass is 10.1. The van der Waals surface area contributed by atoms with E-state index in [1.807, 2.05) is 0 Å². The summed E-state index contributed by atoms with van der Waals surface area (Å²) in [7, 11) is 0. The van der Waals surface area contributed by atoms with E-state index < -0.39 is 36.5 Å². The Morgan fingerprint density at radius 2 is 2.24 bits per heavy atom. The fraction of sp³-hybridized carbons (Fsp3) is 0.636. The van der Waals surface area contributed by atoms with Crippen molar-refractivity contribution < 1.29 is 24.2 Å². The Morgan fingerprint density at radius 3 is 2.65 bits per heavy atom. The molecule has 1 N–H and O–H groups in total. The van der Waals surface area contributed by atoms with E-state index in [-0.39, 0.29) is 0 Å². The molecular weight excluding hydrogens is 226 g/mol. The standard InChI is InChI=1S/C11H17NO5/c1-5-8-7(6-13)12(9(14)16-8)10(15)17-11(2,3)4/h5,7-8,13H,1,6H2,2-4H3/t7-,8+/m0/s1. The predicted molar refractivity (Wildman–Crippen MR) is 59.4 cm³/mol. The van der Waals surface area contributed by atoms with Crippen LogP contribution in [0.3, 0.4) is 0 Å². The molecule has 0 saturated carbocycles. The highest BCUT2D eigenvalue weighted by atomic mass is 16.6. The quantitative estimate of drug-likeness (QED) is 0.739. The van der Waals surface area contributed by atoms with Crippen LogP contribution in [0.25, 0.3) is 0 Å². The average Bonchev–Trinajstić information content (AvgIpc) is 2.51. The van der Waals surface area contributed by atoms with E-state index in [0.29, 0.717) is 0 Å². The second kappa shape index (κ2) is 4.75. The number of aliphatic hydroxyl groups excluding tert-OH is 1. The van der Waals surface area contributed by atoms with Gasteiger partial charge in [-0.05, 0) is 26.8 Å². The number of ether oxygens (including phenoxy) is 2. The molecule has 1 fully saturated rings. The summed E-state index contributed by atoms with van der Waals surface area (Å²) in [5, 5.41) is 9.17. The Kier molecular flexibility index (Phi) is 3.77. The molecule has 1 heterocycles. The van der Waals surface area contributed by atoms with Crippen molar-refractivity contribution in [2.45, 2.75) is 38.5 Å². The normalized spacial score (nSPS) is 24.5. The predicted octanol–water partition coefficient (Wildman–Crippen LogP) is 1.29. The SMILES string of the molecule is C=C[C@H]1OC(=O)N(C(=O)OC(C)(C)C)[C@H]1CO. The molecule has 6 nitrogen and oxygen atoms in total. The molecule has 0 spiro atoms. The van der Waals surface area contributed by atoms with Gasteiger partial charge < -0.3 is 14.6 Å². The van der Waals surface area contributed by atoms with Crippen LogP contribution in [0.15, 0.2) is 12.7 Å². The summed E-state index contributed by atoms with van der Waals surface area (Å²) in [4.78, 5) is 24.0. The van der Waals surface area contributed by atoms with E-state index in [0.717, 1.165) is 4.90 Å². The van der Waals surface area contributed by atoms with Gasteiger partial charge in [-0.25, -0.2) is 14.5 Å². The van der Waals surface area contributed by atoms with Crippen LogP contribution in [-0.4, -0.2) is 46.5 Å². The summed E-state index contributed by atoms with van der Waals surface area (Å²) < 4.78 is 9.93. The fourth-order valence-corrected chi connectivity index (χ4v) is 1.45. The number of nitrogens with zero attached hydrogens (tertiary/aromatic N) is 1. The number of imide groups is 1. The Bertz CT molecular complexity index is 333. The van der Waals surface area contributed by atoms with Gasteiger partial charge in [-0.1, -0.05) is 6.58 Å². The highest BCUT2D eigenvalue weighted by Gasteiger charge is 2.45. The van der Waals surface area contributed by atoms with E-state index in [1.165, 1.54) is 6.08 Å². The number of cyclic esters (lactones) is 1. The van der Waals surface area contributed by atoms with Gasteiger partial charge in [0.1, 0.15) is 17.7 Å². The maximum absolute atomic E-state index is 11.8. The summed E-state index contributed by atoms with van der Waals surface area (Å²) in [5.41, 5.74) is -0.719. The third-order valence-electron chi connectivity index (χ3n) is 2.15. The highest BCUT2D eigenvalue weighted by molar-refractivity contribution is 5.90. The summed E-state index contributed by atoms with van der Waals surface area (Å²) in [6.45, 7) is 8.13. The molecule has 2 amide bonds. The second-order valence-electron chi connectivity index (χ2n) is 4.68. The zero-order valence-corrected chi connectivity index (χ0v) is 10.2. The van der Waals surface area contributed by atoms with Crippen molar-refractivity contribution >= 4 is 12.2 Å². The van der Waals surface area contributed by atoms with Crippen LogP contribution < -0.4 is 0 Å². The van der Waals surface area contributed by atoms with Crippen molar-refractivity contribution in [1.82, 2.24) is 4.90 Å². The van der Waals surface area contributed by atoms with Gasteiger partial charge in [0.05, 0.1) is 6.61 Å². The third-order valence-corrected chi connectivity index (χ3v) is 2.15. The molecule has 96 valence electrons. The van der Waals surface area contributed by atoms with Gasteiger partial charge in [0.25, 0.3) is 0 Å². The lowest BCUT2D eigenvalue weighted by molar-refractivity contribution is 0.0247. The summed E-state index contributed by atoms with van der Waals surface area (Å²) >= 11 is 0. The van der Waals surface area contributed by atoms with Crippen molar-refractivity contribution in [2.24, 2.45) is 0 Å². The maximum atomic E-state index is 11.8. The van der Waals surface area contributed by atoms with Crippen molar-refractivity contribution in [2.75, 3.05) is 6.61 Å². The van der Waals surface area contributed by atoms with Gasteiger partial charge in [0.2, 0.25) is 0 Å². The fourth-order valence-electron chi connectivity index (χ4n) is 1.45. The van der Waals surface area contributed by atoms with Crippen molar-refractivity contribution in [3.8, 4) is 0 Å². The van der Waals surface area contributed by atoms with E-state index in [9.17, 15) is 14.7 Å². The van der Waals surface area contributed by atoms with Gasteiger partial charge in [0, 0.05) is 0 Å². The molecule has 1 saturated heterocycles. The minimum absolute atomic E-state index is 0.401. The molecule has 1 rings (SSSR count). The number of carbonyl (C=O) groups excluding carboxylic acids is 2. The van der Waals surface area contributed by atoms with Gasteiger partial charge in [-0.3, -0.25) is 0 Å². The van der Waals surface area contributed by atoms with Gasteiger partial charge in [0.15, 0.2) is 0 Å². The Morgan fingerprint density at radius 1 is 1.65 bits per heavy atom. The molecule has 0 radical (unpaired) electrons. The van der Waals surface area contributed by atoms with Gasteiger partial charge in [-0.2, -0.15) is 0 Å². The average molecular weight is 243 g/mol.